The number of nitrogens with zero attached hydrogens (tertiary/aromatic N) is 5. The lowest BCUT2D eigenvalue weighted by Crippen LogP contribution is -2.47. The maximum atomic E-state index is 12.7. The molecule has 8 heteroatoms. The highest BCUT2D eigenvalue weighted by Crippen LogP contribution is 2.22. The summed E-state index contributed by atoms with van der Waals surface area (Å²) in [7, 11) is 2.04. The fraction of sp³-hybridized carbons (Fsp3) is 0.273. The number of hydrogen-bond acceptors (Lipinski definition) is 5. The Bertz CT molecular complexity index is 1180. The van der Waals surface area contributed by atoms with Crippen LogP contribution in [0.4, 0.5) is 0 Å². The number of rotatable bonds is 3. The summed E-state index contributed by atoms with van der Waals surface area (Å²) >= 11 is 0. The average Bonchev–Trinajstić information content (AvgIpc) is 3.15. The number of benzene rings is 1. The molecule has 0 spiro atoms. The van der Waals surface area contributed by atoms with E-state index in [0.717, 1.165) is 24.2 Å². The number of hydrogen-bond donors (Lipinski definition) is 1. The van der Waals surface area contributed by atoms with E-state index in [1.165, 1.54) is 16.9 Å². The summed E-state index contributed by atoms with van der Waals surface area (Å²) in [5.74, 6) is 0.363. The van der Waals surface area contributed by atoms with Gasteiger partial charge in [-0.2, -0.15) is 5.26 Å². The highest BCUT2D eigenvalue weighted by molar-refractivity contribution is 5.94. The third-order valence-electron chi connectivity index (χ3n) is 5.38. The quantitative estimate of drug-likeness (QED) is 0.720. The standard InChI is InChI=1S/C22H22N6O2/c1-15-11-16(13-23)3-5-18(15)19-12-21(29)28(25-19)20-6-4-17(14-24-20)22(30)27-9-7-26(2)8-10-27/h3-6,11-12,14,25H,7-10H2,1-2H3. The molecule has 2 aromatic heterocycles. The lowest BCUT2D eigenvalue weighted by molar-refractivity contribution is 0.0663. The number of carbonyl (C=O) groups excluding carboxylic acids is 1. The Morgan fingerprint density at radius 2 is 1.90 bits per heavy atom. The Morgan fingerprint density at radius 1 is 1.13 bits per heavy atom. The number of nitrogens with one attached hydrogen (secondary N) is 1. The van der Waals surface area contributed by atoms with Crippen LogP contribution in [0.5, 0.6) is 0 Å². The number of H-pyrrole nitrogens is 1. The number of aromatic amines is 1. The minimum atomic E-state index is -0.251. The summed E-state index contributed by atoms with van der Waals surface area (Å²) in [5, 5.41) is 12.1. The first-order valence-electron chi connectivity index (χ1n) is 9.73. The zero-order chi connectivity index (χ0) is 21.3. The van der Waals surface area contributed by atoms with E-state index >= 15 is 0 Å². The zero-order valence-corrected chi connectivity index (χ0v) is 16.9. The van der Waals surface area contributed by atoms with Crippen LogP contribution in [0.25, 0.3) is 17.1 Å². The number of pyridine rings is 1. The first-order valence-corrected chi connectivity index (χ1v) is 9.73. The summed E-state index contributed by atoms with van der Waals surface area (Å²) in [6.45, 7) is 4.99. The summed E-state index contributed by atoms with van der Waals surface area (Å²) in [6, 6.07) is 12.3. The molecule has 1 aromatic carbocycles. The number of piperazine rings is 1. The van der Waals surface area contributed by atoms with E-state index in [2.05, 4.69) is 21.1 Å². The van der Waals surface area contributed by atoms with Crippen LogP contribution in [-0.2, 0) is 0 Å². The van der Waals surface area contributed by atoms with Gasteiger partial charge in [-0.15, -0.1) is 0 Å². The number of aromatic nitrogens is 3. The average molecular weight is 402 g/mol. The minimum absolute atomic E-state index is 0.0464. The van der Waals surface area contributed by atoms with Gasteiger partial charge in [-0.25, -0.2) is 9.67 Å². The molecule has 0 bridgehead atoms. The van der Waals surface area contributed by atoms with Gasteiger partial charge in [0.15, 0.2) is 5.82 Å². The van der Waals surface area contributed by atoms with Crippen molar-refractivity contribution < 1.29 is 4.79 Å². The van der Waals surface area contributed by atoms with Crippen LogP contribution >= 0.6 is 0 Å². The molecule has 30 heavy (non-hydrogen) atoms. The molecule has 0 saturated carbocycles. The maximum Gasteiger partial charge on any atom is 0.273 e. The van der Waals surface area contributed by atoms with Crippen molar-refractivity contribution in [2.45, 2.75) is 6.92 Å². The number of carbonyl (C=O) groups is 1. The molecule has 1 amide bonds. The van der Waals surface area contributed by atoms with Gasteiger partial charge in [0.2, 0.25) is 0 Å². The largest absolute Gasteiger partial charge is 0.336 e. The molecular formula is C22H22N6O2. The second kappa shape index (κ2) is 7.97. The van der Waals surface area contributed by atoms with Crippen molar-refractivity contribution in [2.24, 2.45) is 0 Å². The van der Waals surface area contributed by atoms with Gasteiger partial charge in [0, 0.05) is 44.0 Å². The SMILES string of the molecule is Cc1cc(C#N)ccc1-c1cc(=O)n(-c2ccc(C(=O)N3CCN(C)CC3)cn2)[nH]1. The second-order valence-corrected chi connectivity index (χ2v) is 7.49. The van der Waals surface area contributed by atoms with E-state index < -0.39 is 0 Å². The Morgan fingerprint density at radius 3 is 2.53 bits per heavy atom. The van der Waals surface area contributed by atoms with Crippen LogP contribution in [0, 0.1) is 18.3 Å². The molecule has 1 aliphatic rings. The molecule has 0 atom stereocenters. The third-order valence-corrected chi connectivity index (χ3v) is 5.38. The van der Waals surface area contributed by atoms with Crippen LogP contribution in [0.2, 0.25) is 0 Å². The van der Waals surface area contributed by atoms with Gasteiger partial charge in [-0.05, 0) is 43.8 Å². The van der Waals surface area contributed by atoms with Crippen LogP contribution < -0.4 is 5.56 Å². The van der Waals surface area contributed by atoms with E-state index in [-0.39, 0.29) is 11.5 Å². The monoisotopic (exact) mass is 402 g/mol. The van der Waals surface area contributed by atoms with Gasteiger partial charge in [-0.1, -0.05) is 6.07 Å². The molecule has 1 saturated heterocycles. The number of aryl methyl sites for hydroxylation is 1. The molecule has 3 heterocycles. The number of amides is 1. The Balaban J connectivity index is 1.57. The van der Waals surface area contributed by atoms with Crippen LogP contribution in [0.1, 0.15) is 21.5 Å². The Hall–Kier alpha value is -3.70. The topological polar surface area (TPSA) is 98.0 Å². The molecule has 1 aliphatic heterocycles. The highest BCUT2D eigenvalue weighted by Gasteiger charge is 2.20. The minimum Gasteiger partial charge on any atom is -0.336 e. The summed E-state index contributed by atoms with van der Waals surface area (Å²) in [5.41, 5.74) is 3.20. The zero-order valence-electron chi connectivity index (χ0n) is 16.9. The number of nitriles is 1. The molecular weight excluding hydrogens is 380 g/mol. The molecule has 0 aliphatic carbocycles. The summed E-state index contributed by atoms with van der Waals surface area (Å²) in [4.78, 5) is 33.5. The predicted octanol–water partition coefficient (Wildman–Crippen LogP) is 1.80. The van der Waals surface area contributed by atoms with E-state index in [1.807, 2.05) is 24.9 Å². The smallest absolute Gasteiger partial charge is 0.273 e. The van der Waals surface area contributed by atoms with Crippen LogP contribution in [0.3, 0.4) is 0 Å². The number of likely N-dealkylation sites (N-methyl/N-ethyl adjacent to an activating group) is 1. The van der Waals surface area contributed by atoms with Gasteiger partial charge in [0.25, 0.3) is 11.5 Å². The van der Waals surface area contributed by atoms with Gasteiger partial charge in [-0.3, -0.25) is 14.7 Å². The van der Waals surface area contributed by atoms with Gasteiger partial charge in [0.1, 0.15) is 0 Å². The van der Waals surface area contributed by atoms with Crippen molar-refractivity contribution in [3.05, 3.63) is 69.6 Å². The Kier molecular flexibility index (Phi) is 5.21. The van der Waals surface area contributed by atoms with E-state index in [4.69, 9.17) is 5.26 Å². The van der Waals surface area contributed by atoms with Gasteiger partial charge >= 0.3 is 0 Å². The van der Waals surface area contributed by atoms with E-state index in [0.29, 0.717) is 35.7 Å². The first kappa shape index (κ1) is 19.6. The lowest BCUT2D eigenvalue weighted by atomic mass is 10.0. The van der Waals surface area contributed by atoms with E-state index in [1.54, 1.807) is 24.3 Å². The van der Waals surface area contributed by atoms with Crippen molar-refractivity contribution in [2.75, 3.05) is 33.2 Å². The molecule has 3 aromatic rings. The molecule has 0 radical (unpaired) electrons. The van der Waals surface area contributed by atoms with Crippen molar-refractivity contribution in [3.8, 4) is 23.1 Å². The fourth-order valence-electron chi connectivity index (χ4n) is 3.58. The van der Waals surface area contributed by atoms with E-state index in [9.17, 15) is 9.59 Å². The van der Waals surface area contributed by atoms with Crippen molar-refractivity contribution in [1.29, 1.82) is 5.26 Å². The van der Waals surface area contributed by atoms with Gasteiger partial charge in [0.05, 0.1) is 22.9 Å². The normalized spacial score (nSPS) is 14.5. The summed E-state index contributed by atoms with van der Waals surface area (Å²) in [6.07, 6.45) is 1.51. The molecule has 1 N–H and O–H groups in total. The first-order chi connectivity index (χ1) is 14.5. The molecule has 152 valence electrons. The van der Waals surface area contributed by atoms with Crippen molar-refractivity contribution >= 4 is 5.91 Å². The highest BCUT2D eigenvalue weighted by atomic mass is 16.2. The lowest BCUT2D eigenvalue weighted by Gasteiger charge is -2.32. The van der Waals surface area contributed by atoms with Crippen molar-refractivity contribution in [3.63, 3.8) is 0 Å². The van der Waals surface area contributed by atoms with Gasteiger partial charge < -0.3 is 9.80 Å². The molecule has 4 rings (SSSR count). The second-order valence-electron chi connectivity index (χ2n) is 7.49. The predicted molar refractivity (Wildman–Crippen MR) is 112 cm³/mol. The molecule has 0 unspecified atom stereocenters. The van der Waals surface area contributed by atoms with Crippen LogP contribution in [-0.4, -0.2) is 63.7 Å². The Labute approximate surface area is 174 Å². The van der Waals surface area contributed by atoms with Crippen LogP contribution in [0.15, 0.2) is 47.4 Å². The van der Waals surface area contributed by atoms with Crippen molar-refractivity contribution in [1.82, 2.24) is 24.6 Å². The molecule has 1 fully saturated rings. The maximum absolute atomic E-state index is 12.7. The molecule has 8 nitrogen and oxygen atoms in total. The fourth-order valence-corrected chi connectivity index (χ4v) is 3.58. The summed E-state index contributed by atoms with van der Waals surface area (Å²) < 4.78 is 1.34. The third kappa shape index (κ3) is 3.75.